The van der Waals surface area contributed by atoms with E-state index in [1.54, 1.807) is 0 Å². The molecule has 1 saturated heterocycles. The summed E-state index contributed by atoms with van der Waals surface area (Å²) in [6.07, 6.45) is 3.32. The molecule has 0 aliphatic carbocycles. The molecule has 96 valence electrons. The number of likely N-dealkylation sites (N-methyl/N-ethyl adjacent to an activating group) is 1. The average molecular weight is 228 g/mol. The van der Waals surface area contributed by atoms with Gasteiger partial charge in [0.15, 0.2) is 0 Å². The van der Waals surface area contributed by atoms with E-state index in [0.29, 0.717) is 6.04 Å². The maximum atomic E-state index is 9.79. The van der Waals surface area contributed by atoms with Crippen LogP contribution in [0.25, 0.3) is 0 Å². The molecule has 0 aromatic carbocycles. The van der Waals surface area contributed by atoms with Gasteiger partial charge in [-0.1, -0.05) is 6.92 Å². The van der Waals surface area contributed by atoms with Gasteiger partial charge in [0.1, 0.15) is 0 Å². The Kier molecular flexibility index (Phi) is 5.22. The van der Waals surface area contributed by atoms with Crippen molar-refractivity contribution in [3.63, 3.8) is 0 Å². The van der Waals surface area contributed by atoms with Crippen LogP contribution >= 0.6 is 0 Å². The van der Waals surface area contributed by atoms with Crippen molar-refractivity contribution in [2.24, 2.45) is 0 Å². The first-order chi connectivity index (χ1) is 7.42. The largest absolute Gasteiger partial charge is 0.390 e. The molecule has 1 aliphatic rings. The van der Waals surface area contributed by atoms with Crippen molar-refractivity contribution in [2.45, 2.75) is 51.7 Å². The molecule has 1 aliphatic heterocycles. The van der Waals surface area contributed by atoms with Gasteiger partial charge in [-0.15, -0.1) is 0 Å². The Labute approximate surface area is 100 Å². The van der Waals surface area contributed by atoms with Crippen molar-refractivity contribution in [3.8, 4) is 0 Å². The van der Waals surface area contributed by atoms with E-state index in [9.17, 15) is 5.11 Å². The van der Waals surface area contributed by atoms with Gasteiger partial charge in [0, 0.05) is 19.1 Å². The number of hydrogen-bond donors (Lipinski definition) is 1. The Hall–Kier alpha value is -0.120. The molecule has 0 bridgehead atoms. The molecule has 0 aromatic heterocycles. The highest BCUT2D eigenvalue weighted by Crippen LogP contribution is 2.15. The highest BCUT2D eigenvalue weighted by Gasteiger charge is 2.23. The second-order valence-corrected chi connectivity index (χ2v) is 5.78. The zero-order chi connectivity index (χ0) is 12.2. The maximum absolute atomic E-state index is 9.79. The molecule has 1 heterocycles. The zero-order valence-corrected chi connectivity index (χ0v) is 11.4. The molecule has 1 unspecified atom stereocenters. The van der Waals surface area contributed by atoms with Gasteiger partial charge < -0.3 is 10.0 Å². The van der Waals surface area contributed by atoms with Gasteiger partial charge in [-0.25, -0.2) is 0 Å². The van der Waals surface area contributed by atoms with E-state index >= 15 is 0 Å². The average Bonchev–Trinajstić information content (AvgIpc) is 2.35. The van der Waals surface area contributed by atoms with Crippen molar-refractivity contribution in [3.05, 3.63) is 0 Å². The monoisotopic (exact) mass is 228 g/mol. The van der Waals surface area contributed by atoms with Crippen LogP contribution in [0.5, 0.6) is 0 Å². The van der Waals surface area contributed by atoms with E-state index in [0.717, 1.165) is 13.0 Å². The third-order valence-corrected chi connectivity index (χ3v) is 3.51. The van der Waals surface area contributed by atoms with E-state index in [1.165, 1.54) is 32.5 Å². The molecule has 0 radical (unpaired) electrons. The van der Waals surface area contributed by atoms with E-state index < -0.39 is 5.60 Å². The summed E-state index contributed by atoms with van der Waals surface area (Å²) >= 11 is 0. The highest BCUT2D eigenvalue weighted by molar-refractivity contribution is 4.79. The lowest BCUT2D eigenvalue weighted by atomic mass is 10.0. The van der Waals surface area contributed by atoms with Gasteiger partial charge in [0.2, 0.25) is 0 Å². The summed E-state index contributed by atoms with van der Waals surface area (Å²) in [5.41, 5.74) is -0.531. The molecular weight excluding hydrogens is 200 g/mol. The van der Waals surface area contributed by atoms with Gasteiger partial charge in [-0.2, -0.15) is 0 Å². The second-order valence-electron chi connectivity index (χ2n) is 5.78. The highest BCUT2D eigenvalue weighted by atomic mass is 16.3. The predicted molar refractivity (Wildman–Crippen MR) is 68.7 cm³/mol. The fourth-order valence-corrected chi connectivity index (χ4v) is 2.39. The molecular formula is C13H28N2O. The van der Waals surface area contributed by atoms with Gasteiger partial charge in [0.05, 0.1) is 5.60 Å². The van der Waals surface area contributed by atoms with Crippen LogP contribution in [0.4, 0.5) is 0 Å². The summed E-state index contributed by atoms with van der Waals surface area (Å²) in [6, 6.07) is 0.662. The zero-order valence-electron chi connectivity index (χ0n) is 11.4. The second kappa shape index (κ2) is 5.99. The summed E-state index contributed by atoms with van der Waals surface area (Å²) in [5.74, 6) is 0. The molecule has 1 fully saturated rings. The molecule has 1 atom stereocenters. The van der Waals surface area contributed by atoms with Crippen LogP contribution in [0.2, 0.25) is 0 Å². The minimum atomic E-state index is -0.531. The summed E-state index contributed by atoms with van der Waals surface area (Å²) in [7, 11) is 2.21. The van der Waals surface area contributed by atoms with Crippen LogP contribution in [0.15, 0.2) is 0 Å². The Bertz CT molecular complexity index is 201. The summed E-state index contributed by atoms with van der Waals surface area (Å²) < 4.78 is 0. The van der Waals surface area contributed by atoms with Gasteiger partial charge >= 0.3 is 0 Å². The SMILES string of the molecule is CCC1CN(C)CCCN1CCC(C)(C)O. The van der Waals surface area contributed by atoms with Crippen LogP contribution < -0.4 is 0 Å². The third-order valence-electron chi connectivity index (χ3n) is 3.51. The molecule has 0 amide bonds. The number of hydrogen-bond acceptors (Lipinski definition) is 3. The Morgan fingerprint density at radius 2 is 2.00 bits per heavy atom. The number of rotatable bonds is 4. The maximum Gasteiger partial charge on any atom is 0.0603 e. The third kappa shape index (κ3) is 4.81. The molecule has 1 rings (SSSR count). The van der Waals surface area contributed by atoms with Crippen molar-refractivity contribution in [2.75, 3.05) is 33.2 Å². The molecule has 16 heavy (non-hydrogen) atoms. The van der Waals surface area contributed by atoms with Crippen molar-refractivity contribution in [1.82, 2.24) is 9.80 Å². The lowest BCUT2D eigenvalue weighted by molar-refractivity contribution is 0.0505. The Morgan fingerprint density at radius 1 is 1.31 bits per heavy atom. The lowest BCUT2D eigenvalue weighted by Crippen LogP contribution is -2.42. The molecule has 3 nitrogen and oxygen atoms in total. The fraction of sp³-hybridized carbons (Fsp3) is 1.00. The van der Waals surface area contributed by atoms with E-state index in [2.05, 4.69) is 23.8 Å². The van der Waals surface area contributed by atoms with E-state index in [-0.39, 0.29) is 0 Å². The quantitative estimate of drug-likeness (QED) is 0.791. The molecule has 0 aromatic rings. The molecule has 0 spiro atoms. The lowest BCUT2D eigenvalue weighted by Gasteiger charge is -2.32. The molecule has 1 N–H and O–H groups in total. The first kappa shape index (κ1) is 13.9. The molecule has 3 heteroatoms. The summed E-state index contributed by atoms with van der Waals surface area (Å²) in [6.45, 7) is 10.6. The van der Waals surface area contributed by atoms with Crippen molar-refractivity contribution in [1.29, 1.82) is 0 Å². The van der Waals surface area contributed by atoms with Gasteiger partial charge in [-0.05, 0) is 53.2 Å². The number of aliphatic hydroxyl groups is 1. The van der Waals surface area contributed by atoms with Crippen LogP contribution in [-0.2, 0) is 0 Å². The minimum Gasteiger partial charge on any atom is -0.390 e. The van der Waals surface area contributed by atoms with Crippen LogP contribution in [0.3, 0.4) is 0 Å². The number of nitrogens with zero attached hydrogens (tertiary/aromatic N) is 2. The van der Waals surface area contributed by atoms with Crippen molar-refractivity contribution < 1.29 is 5.11 Å². The standard InChI is InChI=1S/C13H28N2O/c1-5-12-11-14(4)8-6-9-15(12)10-7-13(2,3)16/h12,16H,5-11H2,1-4H3. The van der Waals surface area contributed by atoms with Crippen LogP contribution in [-0.4, -0.2) is 59.8 Å². The van der Waals surface area contributed by atoms with E-state index in [4.69, 9.17) is 0 Å². The van der Waals surface area contributed by atoms with E-state index in [1.807, 2.05) is 13.8 Å². The van der Waals surface area contributed by atoms with Crippen LogP contribution in [0.1, 0.15) is 40.0 Å². The first-order valence-corrected chi connectivity index (χ1v) is 6.57. The predicted octanol–water partition coefficient (Wildman–Crippen LogP) is 1.56. The summed E-state index contributed by atoms with van der Waals surface area (Å²) in [4.78, 5) is 4.99. The topological polar surface area (TPSA) is 26.7 Å². The van der Waals surface area contributed by atoms with Gasteiger partial charge in [0.25, 0.3) is 0 Å². The molecule has 0 saturated carbocycles. The normalized spacial score (nSPS) is 25.7. The van der Waals surface area contributed by atoms with Crippen molar-refractivity contribution >= 4 is 0 Å². The first-order valence-electron chi connectivity index (χ1n) is 6.57. The summed E-state index contributed by atoms with van der Waals surface area (Å²) in [5, 5.41) is 9.79. The van der Waals surface area contributed by atoms with Crippen LogP contribution in [0, 0.1) is 0 Å². The Balaban J connectivity index is 2.48. The smallest absolute Gasteiger partial charge is 0.0603 e. The fourth-order valence-electron chi connectivity index (χ4n) is 2.39. The Morgan fingerprint density at radius 3 is 2.56 bits per heavy atom. The van der Waals surface area contributed by atoms with Gasteiger partial charge in [-0.3, -0.25) is 4.90 Å². The minimum absolute atomic E-state index is 0.531.